The summed E-state index contributed by atoms with van der Waals surface area (Å²) >= 11 is 0. The zero-order chi connectivity index (χ0) is 13.5. The molecule has 0 aromatic heterocycles. The first-order chi connectivity index (χ1) is 9.81. The molecule has 0 radical (unpaired) electrons. The van der Waals surface area contributed by atoms with Crippen LogP contribution in [0.5, 0.6) is 0 Å². The number of allylic oxidation sites excluding steroid dienone is 1. The first-order valence-electron chi connectivity index (χ1n) is 7.79. The monoisotopic (exact) mass is 273 g/mol. The number of hydrogen-bond acceptors (Lipinski definition) is 4. The van der Waals surface area contributed by atoms with Gasteiger partial charge in [0.2, 0.25) is 0 Å². The summed E-state index contributed by atoms with van der Waals surface area (Å²) in [7, 11) is 0. The van der Waals surface area contributed by atoms with E-state index in [-0.39, 0.29) is 0 Å². The molecule has 4 nitrogen and oxygen atoms in total. The fourth-order valence-corrected chi connectivity index (χ4v) is 3.27. The summed E-state index contributed by atoms with van der Waals surface area (Å²) in [6.07, 6.45) is 10.5. The van der Waals surface area contributed by atoms with Gasteiger partial charge in [0.15, 0.2) is 0 Å². The lowest BCUT2D eigenvalue weighted by Crippen LogP contribution is -2.25. The third-order valence-electron chi connectivity index (χ3n) is 4.66. The standard InChI is InChI=1S/C16H23N3O/c1-12-4-5-17-14-8-19-7-6-18(9-15(19)16(12)14)11-20-10-13-2-3-13/h6-7,9,12-13,17H,2-5,8,10-11H2,1H3/t12-/m1/s1. The van der Waals surface area contributed by atoms with Gasteiger partial charge in [0, 0.05) is 36.4 Å². The molecular formula is C16H23N3O. The molecule has 20 heavy (non-hydrogen) atoms. The van der Waals surface area contributed by atoms with Gasteiger partial charge in [-0.2, -0.15) is 0 Å². The van der Waals surface area contributed by atoms with E-state index in [2.05, 4.69) is 40.6 Å². The Morgan fingerprint density at radius 3 is 3.05 bits per heavy atom. The van der Waals surface area contributed by atoms with E-state index in [1.807, 2.05) is 0 Å². The van der Waals surface area contributed by atoms with Crippen LogP contribution in [0.4, 0.5) is 0 Å². The van der Waals surface area contributed by atoms with E-state index in [1.165, 1.54) is 36.2 Å². The molecule has 0 bridgehead atoms. The molecule has 1 aliphatic carbocycles. The Kier molecular flexibility index (Phi) is 2.99. The van der Waals surface area contributed by atoms with E-state index < -0.39 is 0 Å². The van der Waals surface area contributed by atoms with Crippen LogP contribution in [0.2, 0.25) is 0 Å². The molecule has 1 fully saturated rings. The average molecular weight is 273 g/mol. The van der Waals surface area contributed by atoms with Gasteiger partial charge in [-0.15, -0.1) is 0 Å². The van der Waals surface area contributed by atoms with Crippen LogP contribution in [0.3, 0.4) is 0 Å². The minimum Gasteiger partial charge on any atom is -0.387 e. The maximum atomic E-state index is 5.79. The van der Waals surface area contributed by atoms with Crippen LogP contribution >= 0.6 is 0 Å². The minimum absolute atomic E-state index is 0.656. The molecule has 0 spiro atoms. The van der Waals surface area contributed by atoms with Crippen molar-refractivity contribution >= 4 is 0 Å². The van der Waals surface area contributed by atoms with Gasteiger partial charge in [0.25, 0.3) is 0 Å². The highest BCUT2D eigenvalue weighted by molar-refractivity contribution is 5.45. The van der Waals surface area contributed by atoms with Gasteiger partial charge in [-0.1, -0.05) is 6.92 Å². The number of ether oxygens (including phenoxy) is 1. The van der Waals surface area contributed by atoms with Crippen LogP contribution in [0.1, 0.15) is 26.2 Å². The molecule has 1 saturated carbocycles. The number of nitrogens with one attached hydrogen (secondary N) is 1. The predicted octanol–water partition coefficient (Wildman–Crippen LogP) is 2.20. The summed E-state index contributed by atoms with van der Waals surface area (Å²) < 4.78 is 5.79. The van der Waals surface area contributed by atoms with Crippen molar-refractivity contribution in [1.82, 2.24) is 15.1 Å². The van der Waals surface area contributed by atoms with E-state index in [1.54, 1.807) is 0 Å². The summed E-state index contributed by atoms with van der Waals surface area (Å²) in [6.45, 7) is 6.04. The molecule has 0 aromatic rings. The zero-order valence-electron chi connectivity index (χ0n) is 12.1. The van der Waals surface area contributed by atoms with Crippen LogP contribution in [0.15, 0.2) is 35.6 Å². The van der Waals surface area contributed by atoms with Crippen molar-refractivity contribution in [2.24, 2.45) is 11.8 Å². The van der Waals surface area contributed by atoms with Gasteiger partial charge in [-0.05, 0) is 31.1 Å². The molecule has 1 N–H and O–H groups in total. The van der Waals surface area contributed by atoms with Crippen molar-refractivity contribution in [2.75, 3.05) is 26.4 Å². The molecule has 0 saturated heterocycles. The molecule has 0 unspecified atom stereocenters. The molecule has 3 aliphatic heterocycles. The maximum absolute atomic E-state index is 5.79. The molecule has 3 heterocycles. The number of nitrogens with zero attached hydrogens (tertiary/aromatic N) is 2. The highest BCUT2D eigenvalue weighted by Gasteiger charge is 2.33. The molecule has 0 amide bonds. The minimum atomic E-state index is 0.656. The highest BCUT2D eigenvalue weighted by atomic mass is 16.5. The van der Waals surface area contributed by atoms with Gasteiger partial charge < -0.3 is 19.9 Å². The van der Waals surface area contributed by atoms with Crippen LogP contribution in [0.25, 0.3) is 0 Å². The van der Waals surface area contributed by atoms with Gasteiger partial charge in [0.05, 0.1) is 18.8 Å². The second-order valence-electron chi connectivity index (χ2n) is 6.41. The molecule has 1 atom stereocenters. The van der Waals surface area contributed by atoms with Gasteiger partial charge in [-0.25, -0.2) is 0 Å². The Bertz CT molecular complexity index is 490. The summed E-state index contributed by atoms with van der Waals surface area (Å²) in [6, 6.07) is 0. The number of fused-ring (bicyclic) bond motifs is 2. The van der Waals surface area contributed by atoms with E-state index in [0.29, 0.717) is 12.6 Å². The Morgan fingerprint density at radius 1 is 1.30 bits per heavy atom. The van der Waals surface area contributed by atoms with Crippen molar-refractivity contribution in [3.05, 3.63) is 35.6 Å². The van der Waals surface area contributed by atoms with E-state index in [0.717, 1.165) is 25.6 Å². The maximum Gasteiger partial charge on any atom is 0.122 e. The average Bonchev–Trinajstić information content (AvgIpc) is 3.18. The fourth-order valence-electron chi connectivity index (χ4n) is 3.27. The molecule has 108 valence electrons. The Balaban J connectivity index is 1.46. The van der Waals surface area contributed by atoms with E-state index in [4.69, 9.17) is 4.74 Å². The molecule has 0 aromatic carbocycles. The number of rotatable bonds is 4. The van der Waals surface area contributed by atoms with Crippen molar-refractivity contribution in [1.29, 1.82) is 0 Å². The second-order valence-corrected chi connectivity index (χ2v) is 6.41. The molecular weight excluding hydrogens is 250 g/mol. The van der Waals surface area contributed by atoms with Gasteiger partial charge in [0.1, 0.15) is 6.73 Å². The number of hydrogen-bond donors (Lipinski definition) is 1. The van der Waals surface area contributed by atoms with Crippen molar-refractivity contribution in [3.63, 3.8) is 0 Å². The largest absolute Gasteiger partial charge is 0.387 e. The lowest BCUT2D eigenvalue weighted by atomic mass is 9.92. The predicted molar refractivity (Wildman–Crippen MR) is 78.1 cm³/mol. The topological polar surface area (TPSA) is 27.7 Å². The quantitative estimate of drug-likeness (QED) is 0.850. The van der Waals surface area contributed by atoms with Crippen LogP contribution in [-0.2, 0) is 4.74 Å². The zero-order valence-corrected chi connectivity index (χ0v) is 12.1. The Labute approximate surface area is 120 Å². The smallest absolute Gasteiger partial charge is 0.122 e. The summed E-state index contributed by atoms with van der Waals surface area (Å²) in [4.78, 5) is 4.52. The summed E-state index contributed by atoms with van der Waals surface area (Å²) in [5.74, 6) is 1.49. The molecule has 4 heteroatoms. The fraction of sp³-hybridized carbons (Fsp3) is 0.625. The molecule has 4 rings (SSSR count). The Morgan fingerprint density at radius 2 is 2.20 bits per heavy atom. The van der Waals surface area contributed by atoms with Crippen LogP contribution in [-0.4, -0.2) is 36.2 Å². The third-order valence-corrected chi connectivity index (χ3v) is 4.66. The van der Waals surface area contributed by atoms with Crippen molar-refractivity contribution < 1.29 is 4.74 Å². The first kappa shape index (κ1) is 12.3. The van der Waals surface area contributed by atoms with Crippen molar-refractivity contribution in [2.45, 2.75) is 26.2 Å². The second kappa shape index (κ2) is 4.85. The lowest BCUT2D eigenvalue weighted by Gasteiger charge is -2.28. The summed E-state index contributed by atoms with van der Waals surface area (Å²) in [5.41, 5.74) is 4.28. The van der Waals surface area contributed by atoms with Crippen LogP contribution in [0, 0.1) is 11.8 Å². The van der Waals surface area contributed by atoms with Gasteiger partial charge >= 0.3 is 0 Å². The van der Waals surface area contributed by atoms with E-state index in [9.17, 15) is 0 Å². The highest BCUT2D eigenvalue weighted by Crippen LogP contribution is 2.37. The van der Waals surface area contributed by atoms with E-state index >= 15 is 0 Å². The van der Waals surface area contributed by atoms with Crippen molar-refractivity contribution in [3.8, 4) is 0 Å². The van der Waals surface area contributed by atoms with Gasteiger partial charge in [-0.3, -0.25) is 0 Å². The lowest BCUT2D eigenvalue weighted by molar-refractivity contribution is 0.0651. The SMILES string of the molecule is C[C@@H]1CCNC2=C1C1=CN(COCC3CC3)C=CN1C2. The first-order valence-corrected chi connectivity index (χ1v) is 7.79. The Hall–Kier alpha value is -1.42. The van der Waals surface area contributed by atoms with Crippen LogP contribution < -0.4 is 5.32 Å². The summed E-state index contributed by atoms with van der Waals surface area (Å²) in [5, 5.41) is 3.56. The molecule has 4 aliphatic rings. The third kappa shape index (κ3) is 2.22. The normalized spacial score (nSPS) is 28.2.